The first-order valence-corrected chi connectivity index (χ1v) is 11.0. The lowest BCUT2D eigenvalue weighted by Gasteiger charge is -2.31. The molecule has 1 saturated heterocycles. The van der Waals surface area contributed by atoms with Crippen molar-refractivity contribution in [1.29, 1.82) is 0 Å². The van der Waals surface area contributed by atoms with Crippen LogP contribution < -0.4 is 4.74 Å². The predicted molar refractivity (Wildman–Crippen MR) is 120 cm³/mol. The number of carbonyl (C=O) groups excluding carboxylic acids is 1. The average Bonchev–Trinajstić information content (AvgIpc) is 3.49. The molecule has 0 aliphatic carbocycles. The van der Waals surface area contributed by atoms with Gasteiger partial charge in [-0.1, -0.05) is 20.8 Å². The van der Waals surface area contributed by atoms with E-state index in [9.17, 15) is 4.79 Å². The molecule has 8 heteroatoms. The van der Waals surface area contributed by atoms with E-state index in [0.717, 1.165) is 42.5 Å². The van der Waals surface area contributed by atoms with Gasteiger partial charge in [-0.3, -0.25) is 9.78 Å². The second kappa shape index (κ2) is 7.93. The van der Waals surface area contributed by atoms with E-state index in [1.165, 1.54) is 0 Å². The highest BCUT2D eigenvalue weighted by atomic mass is 16.5. The van der Waals surface area contributed by atoms with Crippen LogP contribution in [0.5, 0.6) is 5.88 Å². The van der Waals surface area contributed by atoms with Gasteiger partial charge in [-0.25, -0.2) is 9.50 Å². The first-order valence-electron chi connectivity index (χ1n) is 11.0. The zero-order valence-electron chi connectivity index (χ0n) is 18.6. The van der Waals surface area contributed by atoms with Gasteiger partial charge in [0, 0.05) is 48.3 Å². The van der Waals surface area contributed by atoms with E-state index >= 15 is 0 Å². The van der Waals surface area contributed by atoms with E-state index in [1.807, 2.05) is 49.9 Å². The highest BCUT2D eigenvalue weighted by molar-refractivity contribution is 5.82. The Morgan fingerprint density at radius 2 is 2.12 bits per heavy atom. The van der Waals surface area contributed by atoms with Crippen LogP contribution in [0.25, 0.3) is 28.1 Å². The summed E-state index contributed by atoms with van der Waals surface area (Å²) in [6.07, 6.45) is 8.06. The number of carbonyl (C=O) groups is 1. The number of pyridine rings is 1. The third kappa shape index (κ3) is 3.81. The second-order valence-corrected chi connectivity index (χ2v) is 9.29. The monoisotopic (exact) mass is 433 g/mol. The van der Waals surface area contributed by atoms with Crippen molar-refractivity contribution in [2.75, 3.05) is 13.2 Å². The van der Waals surface area contributed by atoms with Gasteiger partial charge in [0.25, 0.3) is 0 Å². The third-order valence-electron chi connectivity index (χ3n) is 5.89. The number of likely N-dealkylation sites (tertiary alicyclic amines) is 1. The normalized spacial score (nSPS) is 16.8. The summed E-state index contributed by atoms with van der Waals surface area (Å²) >= 11 is 0. The number of imidazole rings is 1. The number of fused-ring (bicyclic) bond motifs is 2. The lowest BCUT2D eigenvalue weighted by atomic mass is 9.94. The van der Waals surface area contributed by atoms with E-state index in [0.29, 0.717) is 23.9 Å². The molecule has 1 fully saturated rings. The molecular weight excluding hydrogens is 406 g/mol. The maximum Gasteiger partial charge on any atom is 0.231 e. The molecule has 5 rings (SSSR count). The average molecular weight is 434 g/mol. The van der Waals surface area contributed by atoms with Crippen LogP contribution in [-0.4, -0.2) is 49.6 Å². The fourth-order valence-electron chi connectivity index (χ4n) is 4.25. The van der Waals surface area contributed by atoms with Crippen molar-refractivity contribution in [3.63, 3.8) is 0 Å². The van der Waals surface area contributed by atoms with Crippen LogP contribution in [0, 0.1) is 5.41 Å². The summed E-state index contributed by atoms with van der Waals surface area (Å²) in [6.45, 7) is 7.25. The van der Waals surface area contributed by atoms with E-state index in [2.05, 4.69) is 15.1 Å². The SMILES string of the molecule is CC(C)(C)C(=O)N1CCC[C@H]1CCOc1ccc2ncc(-c3cc4cnccc4o3)n2n1. The third-order valence-corrected chi connectivity index (χ3v) is 5.89. The van der Waals surface area contributed by atoms with Crippen LogP contribution in [-0.2, 0) is 4.79 Å². The van der Waals surface area contributed by atoms with Crippen molar-refractivity contribution >= 4 is 22.5 Å². The molecule has 4 aromatic rings. The van der Waals surface area contributed by atoms with Gasteiger partial charge in [-0.05, 0) is 31.0 Å². The number of ether oxygens (including phenoxy) is 1. The van der Waals surface area contributed by atoms with Crippen molar-refractivity contribution in [3.8, 4) is 17.3 Å². The molecule has 32 heavy (non-hydrogen) atoms. The van der Waals surface area contributed by atoms with Gasteiger partial charge in [0.1, 0.15) is 11.3 Å². The predicted octanol–water partition coefficient (Wildman–Crippen LogP) is 4.34. The summed E-state index contributed by atoms with van der Waals surface area (Å²) in [7, 11) is 0. The van der Waals surface area contributed by atoms with Crippen LogP contribution in [0.1, 0.15) is 40.0 Å². The van der Waals surface area contributed by atoms with Crippen molar-refractivity contribution in [3.05, 3.63) is 42.9 Å². The van der Waals surface area contributed by atoms with Crippen LogP contribution in [0.2, 0.25) is 0 Å². The van der Waals surface area contributed by atoms with Gasteiger partial charge in [0.15, 0.2) is 11.4 Å². The van der Waals surface area contributed by atoms with Crippen molar-refractivity contribution in [2.24, 2.45) is 5.41 Å². The molecule has 0 radical (unpaired) electrons. The molecule has 4 aromatic heterocycles. The van der Waals surface area contributed by atoms with Gasteiger partial charge in [0.2, 0.25) is 11.8 Å². The van der Waals surface area contributed by atoms with Gasteiger partial charge in [-0.15, -0.1) is 5.10 Å². The lowest BCUT2D eigenvalue weighted by molar-refractivity contribution is -0.140. The standard InChI is InChI=1S/C24H27N5O3/c1-24(2,3)23(30)28-11-4-5-17(28)9-12-31-22-7-6-21-26-15-18(29(21)27-22)20-13-16-14-25-10-8-19(16)32-20/h6-8,10,13-15,17H,4-5,9,11-12H2,1-3H3/t17-/m0/s1. The molecule has 0 spiro atoms. The number of amides is 1. The summed E-state index contributed by atoms with van der Waals surface area (Å²) in [4.78, 5) is 23.3. The summed E-state index contributed by atoms with van der Waals surface area (Å²) in [5, 5.41) is 5.54. The summed E-state index contributed by atoms with van der Waals surface area (Å²) in [6, 6.07) is 7.68. The Hall–Kier alpha value is -3.42. The molecule has 166 valence electrons. The summed E-state index contributed by atoms with van der Waals surface area (Å²) in [5.41, 5.74) is 1.87. The topological polar surface area (TPSA) is 85.8 Å². The van der Waals surface area contributed by atoms with Crippen molar-refractivity contribution < 1.29 is 13.9 Å². The lowest BCUT2D eigenvalue weighted by Crippen LogP contribution is -2.42. The quantitative estimate of drug-likeness (QED) is 0.465. The minimum atomic E-state index is -0.361. The van der Waals surface area contributed by atoms with E-state index in [4.69, 9.17) is 9.15 Å². The highest BCUT2D eigenvalue weighted by Gasteiger charge is 2.34. The molecule has 1 aliphatic heterocycles. The smallest absolute Gasteiger partial charge is 0.231 e. The Balaban J connectivity index is 1.30. The second-order valence-electron chi connectivity index (χ2n) is 9.29. The van der Waals surface area contributed by atoms with Crippen LogP contribution >= 0.6 is 0 Å². The zero-order chi connectivity index (χ0) is 22.3. The molecule has 5 heterocycles. The maximum atomic E-state index is 12.7. The van der Waals surface area contributed by atoms with Gasteiger partial charge < -0.3 is 14.1 Å². The van der Waals surface area contributed by atoms with E-state index in [-0.39, 0.29) is 17.4 Å². The first kappa shape index (κ1) is 20.5. The van der Waals surface area contributed by atoms with Crippen molar-refractivity contribution in [2.45, 2.75) is 46.1 Å². The molecule has 1 amide bonds. The molecule has 0 saturated carbocycles. The Bertz CT molecular complexity index is 1240. The highest BCUT2D eigenvalue weighted by Crippen LogP contribution is 2.29. The molecule has 0 unspecified atom stereocenters. The molecule has 0 aromatic carbocycles. The Morgan fingerprint density at radius 3 is 2.94 bits per heavy atom. The Labute approximate surface area is 186 Å². The molecule has 1 atom stereocenters. The molecule has 1 aliphatic rings. The van der Waals surface area contributed by atoms with Gasteiger partial charge >= 0.3 is 0 Å². The largest absolute Gasteiger partial charge is 0.477 e. The van der Waals surface area contributed by atoms with E-state index in [1.54, 1.807) is 23.1 Å². The van der Waals surface area contributed by atoms with Crippen LogP contribution in [0.3, 0.4) is 0 Å². The fourth-order valence-corrected chi connectivity index (χ4v) is 4.25. The number of furan rings is 1. The zero-order valence-corrected chi connectivity index (χ0v) is 18.6. The number of hydrogen-bond acceptors (Lipinski definition) is 6. The molecular formula is C24H27N5O3. The Morgan fingerprint density at radius 1 is 1.25 bits per heavy atom. The maximum absolute atomic E-state index is 12.7. The molecule has 8 nitrogen and oxygen atoms in total. The van der Waals surface area contributed by atoms with Gasteiger partial charge in [-0.2, -0.15) is 0 Å². The summed E-state index contributed by atoms with van der Waals surface area (Å²) < 4.78 is 13.6. The summed E-state index contributed by atoms with van der Waals surface area (Å²) in [5.74, 6) is 1.40. The number of rotatable bonds is 5. The first-order chi connectivity index (χ1) is 15.4. The number of aromatic nitrogens is 4. The minimum absolute atomic E-state index is 0.212. The molecule has 0 bridgehead atoms. The van der Waals surface area contributed by atoms with E-state index < -0.39 is 0 Å². The van der Waals surface area contributed by atoms with Gasteiger partial charge in [0.05, 0.1) is 12.8 Å². The fraction of sp³-hybridized carbons (Fsp3) is 0.417. The van der Waals surface area contributed by atoms with Crippen LogP contribution in [0.15, 0.2) is 47.3 Å². The number of hydrogen-bond donors (Lipinski definition) is 0. The molecule has 0 N–H and O–H groups in total. The van der Waals surface area contributed by atoms with Crippen LogP contribution in [0.4, 0.5) is 0 Å². The van der Waals surface area contributed by atoms with Crippen molar-refractivity contribution in [1.82, 2.24) is 24.5 Å². The Kier molecular flexibility index (Phi) is 5.07. The minimum Gasteiger partial charge on any atom is -0.477 e. The number of nitrogens with zero attached hydrogens (tertiary/aromatic N) is 5.